The molecular weight excluding hydrogens is 269 g/mol. The van der Waals surface area contributed by atoms with Gasteiger partial charge in [0.25, 0.3) is 0 Å². The number of carbonyl (C=O) groups is 1. The predicted molar refractivity (Wildman–Crippen MR) is 81.5 cm³/mol. The smallest absolute Gasteiger partial charge is 0.248 e. The number of hydrogen-bond donors (Lipinski definition) is 2. The second-order valence-corrected chi connectivity index (χ2v) is 5.75. The molecule has 1 aromatic carbocycles. The summed E-state index contributed by atoms with van der Waals surface area (Å²) in [7, 11) is 0. The van der Waals surface area contributed by atoms with Gasteiger partial charge in [-0.1, -0.05) is 6.42 Å². The molecule has 1 unspecified atom stereocenters. The minimum Gasteiger partial charge on any atom is -0.366 e. The maximum absolute atomic E-state index is 13.7. The summed E-state index contributed by atoms with van der Waals surface area (Å²) in [6, 6.07) is 4.67. The van der Waals surface area contributed by atoms with Crippen LogP contribution in [0.2, 0.25) is 0 Å². The number of piperidine rings is 1. The molecule has 0 saturated carbocycles. The zero-order chi connectivity index (χ0) is 15.2. The van der Waals surface area contributed by atoms with E-state index in [1.54, 1.807) is 0 Å². The zero-order valence-electron chi connectivity index (χ0n) is 12.6. The van der Waals surface area contributed by atoms with Crippen molar-refractivity contribution in [2.75, 3.05) is 19.6 Å². The van der Waals surface area contributed by atoms with E-state index in [2.05, 4.69) is 17.1 Å². The molecule has 1 saturated heterocycles. The third-order valence-corrected chi connectivity index (χ3v) is 4.10. The highest BCUT2D eigenvalue weighted by Gasteiger charge is 2.16. The monoisotopic (exact) mass is 293 g/mol. The van der Waals surface area contributed by atoms with Gasteiger partial charge in [-0.3, -0.25) is 9.69 Å². The Bertz CT molecular complexity index is 486. The summed E-state index contributed by atoms with van der Waals surface area (Å²) in [6.45, 7) is 5.70. The number of amides is 1. The third-order valence-electron chi connectivity index (χ3n) is 4.10. The van der Waals surface area contributed by atoms with Crippen LogP contribution in [-0.2, 0) is 6.54 Å². The molecule has 5 heteroatoms. The molecule has 1 heterocycles. The van der Waals surface area contributed by atoms with Crippen molar-refractivity contribution in [3.05, 3.63) is 35.1 Å². The fourth-order valence-corrected chi connectivity index (χ4v) is 2.77. The van der Waals surface area contributed by atoms with Gasteiger partial charge in [-0.15, -0.1) is 0 Å². The minimum atomic E-state index is -0.530. The maximum atomic E-state index is 13.7. The molecule has 2 rings (SSSR count). The van der Waals surface area contributed by atoms with Crippen LogP contribution in [0.4, 0.5) is 4.39 Å². The van der Waals surface area contributed by atoms with Crippen molar-refractivity contribution in [1.82, 2.24) is 10.2 Å². The van der Waals surface area contributed by atoms with Crippen LogP contribution < -0.4 is 11.1 Å². The molecule has 3 N–H and O–H groups in total. The van der Waals surface area contributed by atoms with Crippen molar-refractivity contribution >= 4 is 5.91 Å². The first-order valence-electron chi connectivity index (χ1n) is 7.61. The number of likely N-dealkylation sites (tertiary alicyclic amines) is 1. The molecule has 0 spiro atoms. The topological polar surface area (TPSA) is 58.4 Å². The van der Waals surface area contributed by atoms with Crippen molar-refractivity contribution in [2.24, 2.45) is 5.73 Å². The Hall–Kier alpha value is -1.46. The van der Waals surface area contributed by atoms with E-state index in [1.165, 1.54) is 37.5 Å². The number of nitrogens with zero attached hydrogens (tertiary/aromatic N) is 1. The summed E-state index contributed by atoms with van der Waals surface area (Å²) in [5.41, 5.74) is 6.05. The summed E-state index contributed by atoms with van der Waals surface area (Å²) in [5, 5.41) is 3.27. The number of nitrogens with two attached hydrogens (primary N) is 1. The van der Waals surface area contributed by atoms with E-state index in [0.717, 1.165) is 19.6 Å². The quantitative estimate of drug-likeness (QED) is 0.842. The lowest BCUT2D eigenvalue weighted by Gasteiger charge is -2.32. The van der Waals surface area contributed by atoms with Crippen LogP contribution in [0.15, 0.2) is 18.2 Å². The zero-order valence-corrected chi connectivity index (χ0v) is 12.6. The van der Waals surface area contributed by atoms with Crippen LogP contribution in [0.5, 0.6) is 0 Å². The first-order valence-corrected chi connectivity index (χ1v) is 7.61. The van der Waals surface area contributed by atoms with Gasteiger partial charge in [0, 0.05) is 30.3 Å². The van der Waals surface area contributed by atoms with E-state index in [9.17, 15) is 9.18 Å². The molecule has 0 radical (unpaired) electrons. The lowest BCUT2D eigenvalue weighted by molar-refractivity contribution is 0.1000. The van der Waals surface area contributed by atoms with Gasteiger partial charge < -0.3 is 11.1 Å². The van der Waals surface area contributed by atoms with Gasteiger partial charge in [0.1, 0.15) is 5.82 Å². The number of primary amides is 1. The van der Waals surface area contributed by atoms with Crippen LogP contribution in [0.1, 0.15) is 42.1 Å². The van der Waals surface area contributed by atoms with Crippen molar-refractivity contribution in [1.29, 1.82) is 0 Å². The van der Waals surface area contributed by atoms with Gasteiger partial charge in [0.05, 0.1) is 0 Å². The number of benzene rings is 1. The first kappa shape index (κ1) is 15.9. The Balaban J connectivity index is 1.85. The molecule has 4 nitrogen and oxygen atoms in total. The molecule has 0 aliphatic carbocycles. The second-order valence-electron chi connectivity index (χ2n) is 5.75. The molecule has 1 aliphatic rings. The van der Waals surface area contributed by atoms with Crippen molar-refractivity contribution in [3.8, 4) is 0 Å². The molecular formula is C16H24FN3O. The number of nitrogens with one attached hydrogen (secondary N) is 1. The lowest BCUT2D eigenvalue weighted by Crippen LogP contribution is -2.43. The van der Waals surface area contributed by atoms with Crippen LogP contribution in [-0.4, -0.2) is 36.5 Å². The van der Waals surface area contributed by atoms with Gasteiger partial charge in [-0.2, -0.15) is 0 Å². The summed E-state index contributed by atoms with van der Waals surface area (Å²) >= 11 is 0. The largest absolute Gasteiger partial charge is 0.366 e. The van der Waals surface area contributed by atoms with Gasteiger partial charge in [-0.25, -0.2) is 4.39 Å². The van der Waals surface area contributed by atoms with E-state index < -0.39 is 5.91 Å². The van der Waals surface area contributed by atoms with E-state index >= 15 is 0 Å². The molecule has 1 fully saturated rings. The Morgan fingerprint density at radius 2 is 2.10 bits per heavy atom. The highest BCUT2D eigenvalue weighted by atomic mass is 19.1. The molecule has 1 aromatic rings. The summed E-state index contributed by atoms with van der Waals surface area (Å²) < 4.78 is 13.7. The second kappa shape index (κ2) is 7.52. The maximum Gasteiger partial charge on any atom is 0.248 e. The van der Waals surface area contributed by atoms with Gasteiger partial charge >= 0.3 is 0 Å². The molecule has 0 aromatic heterocycles. The standard InChI is InChI=1S/C16H24FN3O/c1-12(20-7-3-2-4-8-20)10-19-11-14-9-13(16(18)21)5-6-15(14)17/h5-6,9,12,19H,2-4,7-8,10-11H2,1H3,(H2,18,21). The highest BCUT2D eigenvalue weighted by Crippen LogP contribution is 2.13. The summed E-state index contributed by atoms with van der Waals surface area (Å²) in [4.78, 5) is 13.6. The molecule has 21 heavy (non-hydrogen) atoms. The Kier molecular flexibility index (Phi) is 5.70. The van der Waals surface area contributed by atoms with Crippen molar-refractivity contribution < 1.29 is 9.18 Å². The Morgan fingerprint density at radius 3 is 2.76 bits per heavy atom. The number of carbonyl (C=O) groups excluding carboxylic acids is 1. The molecule has 1 aliphatic heterocycles. The van der Waals surface area contributed by atoms with Crippen LogP contribution in [0, 0.1) is 5.82 Å². The lowest BCUT2D eigenvalue weighted by atomic mass is 10.1. The van der Waals surface area contributed by atoms with Crippen molar-refractivity contribution in [3.63, 3.8) is 0 Å². The molecule has 116 valence electrons. The fraction of sp³-hybridized carbons (Fsp3) is 0.562. The highest BCUT2D eigenvalue weighted by molar-refractivity contribution is 5.92. The number of hydrogen-bond acceptors (Lipinski definition) is 3. The van der Waals surface area contributed by atoms with Crippen LogP contribution >= 0.6 is 0 Å². The molecule has 1 amide bonds. The fourth-order valence-electron chi connectivity index (χ4n) is 2.77. The molecule has 0 bridgehead atoms. The first-order chi connectivity index (χ1) is 10.1. The van der Waals surface area contributed by atoms with E-state index in [1.807, 2.05) is 0 Å². The minimum absolute atomic E-state index is 0.307. The van der Waals surface area contributed by atoms with Crippen LogP contribution in [0.25, 0.3) is 0 Å². The Morgan fingerprint density at radius 1 is 1.38 bits per heavy atom. The van der Waals surface area contributed by atoms with Gasteiger partial charge in [-0.05, 0) is 51.1 Å². The number of rotatable bonds is 6. The Labute approximate surface area is 125 Å². The summed E-state index contributed by atoms with van der Waals surface area (Å²) in [6.07, 6.45) is 3.85. The third kappa shape index (κ3) is 4.51. The van der Waals surface area contributed by atoms with E-state index in [4.69, 9.17) is 5.73 Å². The normalized spacial score (nSPS) is 17.6. The summed E-state index contributed by atoms with van der Waals surface area (Å²) in [5.74, 6) is -0.837. The van der Waals surface area contributed by atoms with Crippen LogP contribution in [0.3, 0.4) is 0 Å². The van der Waals surface area contributed by atoms with E-state index in [0.29, 0.717) is 23.7 Å². The SMILES string of the molecule is CC(CNCc1cc(C(N)=O)ccc1F)N1CCCCC1. The number of halogens is 1. The van der Waals surface area contributed by atoms with Gasteiger partial charge in [0.15, 0.2) is 0 Å². The average molecular weight is 293 g/mol. The van der Waals surface area contributed by atoms with Gasteiger partial charge in [0.2, 0.25) is 5.91 Å². The van der Waals surface area contributed by atoms with E-state index in [-0.39, 0.29) is 5.82 Å². The van der Waals surface area contributed by atoms with Crippen molar-refractivity contribution in [2.45, 2.75) is 38.8 Å². The molecule has 1 atom stereocenters. The average Bonchev–Trinajstić information content (AvgIpc) is 2.49. The predicted octanol–water partition coefficient (Wildman–Crippen LogP) is 1.89.